The van der Waals surface area contributed by atoms with Crippen LogP contribution in [0.2, 0.25) is 0 Å². The predicted octanol–water partition coefficient (Wildman–Crippen LogP) is 4.36. The van der Waals surface area contributed by atoms with Gasteiger partial charge in [-0.3, -0.25) is 4.31 Å². The van der Waals surface area contributed by atoms with Crippen molar-refractivity contribution in [2.24, 2.45) is 0 Å². The Hall–Kier alpha value is -3.05. The van der Waals surface area contributed by atoms with E-state index in [1.165, 1.54) is 18.2 Å². The summed E-state index contributed by atoms with van der Waals surface area (Å²) in [6.45, 7) is -0.118. The van der Waals surface area contributed by atoms with Crippen LogP contribution >= 0.6 is 0 Å². The molecule has 0 amide bonds. The molecule has 4 rings (SSSR count). The molecule has 0 saturated carbocycles. The fourth-order valence-corrected chi connectivity index (χ4v) is 6.01. The van der Waals surface area contributed by atoms with Crippen LogP contribution in [-0.4, -0.2) is 36.2 Å². The third kappa shape index (κ3) is 4.42. The van der Waals surface area contributed by atoms with E-state index in [2.05, 4.69) is 0 Å². The maximum Gasteiger partial charge on any atom is 0.416 e. The Kier molecular flexibility index (Phi) is 5.65. The van der Waals surface area contributed by atoms with Crippen LogP contribution in [-0.2, 0) is 26.0 Å². The molecular formula is C22H18F3NO5S2. The first kappa shape index (κ1) is 23.1. The molecule has 11 heteroatoms. The zero-order chi connectivity index (χ0) is 24.0. The molecule has 0 aliphatic carbocycles. The van der Waals surface area contributed by atoms with Crippen LogP contribution in [0, 0.1) is 0 Å². The van der Waals surface area contributed by atoms with Crippen molar-refractivity contribution in [1.82, 2.24) is 0 Å². The van der Waals surface area contributed by atoms with E-state index < -0.39 is 36.5 Å². The van der Waals surface area contributed by atoms with E-state index in [0.29, 0.717) is 17.2 Å². The fraction of sp³-hybridized carbons (Fsp3) is 0.182. The van der Waals surface area contributed by atoms with Crippen molar-refractivity contribution in [3.8, 4) is 16.9 Å². The Balaban J connectivity index is 1.84. The average molecular weight is 498 g/mol. The van der Waals surface area contributed by atoms with E-state index in [4.69, 9.17) is 4.74 Å². The number of hydrogen-bond donors (Lipinski definition) is 0. The minimum absolute atomic E-state index is 0.00443. The highest BCUT2D eigenvalue weighted by Gasteiger charge is 2.35. The summed E-state index contributed by atoms with van der Waals surface area (Å²) in [5.41, 5.74) is -0.179. The maximum atomic E-state index is 13.3. The number of ether oxygens (including phenoxy) is 1. The van der Waals surface area contributed by atoms with Gasteiger partial charge < -0.3 is 4.74 Å². The van der Waals surface area contributed by atoms with Crippen LogP contribution in [0.4, 0.5) is 18.9 Å². The zero-order valence-corrected chi connectivity index (χ0v) is 18.8. The van der Waals surface area contributed by atoms with Crippen molar-refractivity contribution in [3.63, 3.8) is 0 Å². The van der Waals surface area contributed by atoms with Crippen LogP contribution in [0.3, 0.4) is 0 Å². The second kappa shape index (κ2) is 8.07. The van der Waals surface area contributed by atoms with Gasteiger partial charge >= 0.3 is 6.18 Å². The molecule has 1 heterocycles. The Bertz CT molecular complexity index is 1430. The third-order valence-corrected chi connectivity index (χ3v) is 8.09. The standard InChI is InChI=1S/C22H18F3NO5S2/c1-32(27,28)21-8-3-2-7-18(21)15-9-10-20-19(13-15)26(11-12-31-20)33(29,30)17-6-4-5-16(14-17)22(23,24)25/h2-10,13-14H,11-12H2,1H3. The van der Waals surface area contributed by atoms with Gasteiger partial charge in [-0.15, -0.1) is 0 Å². The highest BCUT2D eigenvalue weighted by molar-refractivity contribution is 7.92. The molecule has 1 aliphatic heterocycles. The van der Waals surface area contributed by atoms with Gasteiger partial charge in [-0.1, -0.05) is 30.3 Å². The van der Waals surface area contributed by atoms with Crippen LogP contribution in [0.15, 0.2) is 76.5 Å². The van der Waals surface area contributed by atoms with Crippen molar-refractivity contribution < 1.29 is 34.7 Å². The number of nitrogens with zero attached hydrogens (tertiary/aromatic N) is 1. The number of sulfone groups is 1. The molecule has 3 aromatic rings. The maximum absolute atomic E-state index is 13.3. The Labute approximate surface area is 189 Å². The molecule has 6 nitrogen and oxygen atoms in total. The Morgan fingerprint density at radius 2 is 1.64 bits per heavy atom. The lowest BCUT2D eigenvalue weighted by molar-refractivity contribution is -0.137. The van der Waals surface area contributed by atoms with E-state index in [9.17, 15) is 30.0 Å². The normalized spacial score (nSPS) is 14.5. The van der Waals surface area contributed by atoms with Crippen molar-refractivity contribution in [1.29, 1.82) is 0 Å². The lowest BCUT2D eigenvalue weighted by Crippen LogP contribution is -2.38. The lowest BCUT2D eigenvalue weighted by Gasteiger charge is -2.31. The van der Waals surface area contributed by atoms with E-state index in [-0.39, 0.29) is 29.5 Å². The summed E-state index contributed by atoms with van der Waals surface area (Å²) in [5, 5.41) is 0. The van der Waals surface area contributed by atoms with E-state index in [1.807, 2.05) is 0 Å². The molecule has 33 heavy (non-hydrogen) atoms. The van der Waals surface area contributed by atoms with Crippen molar-refractivity contribution in [2.75, 3.05) is 23.7 Å². The molecule has 3 aromatic carbocycles. The monoisotopic (exact) mass is 497 g/mol. The molecular weight excluding hydrogens is 479 g/mol. The van der Waals surface area contributed by atoms with Gasteiger partial charge in [0.25, 0.3) is 10.0 Å². The minimum Gasteiger partial charge on any atom is -0.489 e. The number of fused-ring (bicyclic) bond motifs is 1. The van der Waals surface area contributed by atoms with Crippen LogP contribution in [0.5, 0.6) is 5.75 Å². The zero-order valence-electron chi connectivity index (χ0n) is 17.2. The van der Waals surface area contributed by atoms with Crippen molar-refractivity contribution in [3.05, 3.63) is 72.3 Å². The molecule has 0 radical (unpaired) electrons. The third-order valence-electron chi connectivity index (χ3n) is 5.13. The molecule has 0 fully saturated rings. The van der Waals surface area contributed by atoms with E-state index >= 15 is 0 Å². The van der Waals surface area contributed by atoms with Crippen LogP contribution < -0.4 is 9.04 Å². The van der Waals surface area contributed by atoms with Gasteiger partial charge in [0, 0.05) is 11.8 Å². The molecule has 174 valence electrons. The van der Waals surface area contributed by atoms with Crippen LogP contribution in [0.25, 0.3) is 11.1 Å². The van der Waals surface area contributed by atoms with Crippen molar-refractivity contribution in [2.45, 2.75) is 16.0 Å². The lowest BCUT2D eigenvalue weighted by atomic mass is 10.0. The van der Waals surface area contributed by atoms with E-state index in [1.54, 1.807) is 24.3 Å². The molecule has 0 bridgehead atoms. The molecule has 0 aromatic heterocycles. The number of hydrogen-bond acceptors (Lipinski definition) is 5. The smallest absolute Gasteiger partial charge is 0.416 e. The van der Waals surface area contributed by atoms with Gasteiger partial charge in [-0.05, 0) is 42.0 Å². The molecule has 1 aliphatic rings. The summed E-state index contributed by atoms with van der Waals surface area (Å²) in [4.78, 5) is -0.443. The SMILES string of the molecule is CS(=O)(=O)c1ccccc1-c1ccc2c(c1)N(S(=O)(=O)c1cccc(C(F)(F)F)c1)CCO2. The van der Waals surface area contributed by atoms with Crippen LogP contribution in [0.1, 0.15) is 5.56 Å². The minimum atomic E-state index is -4.70. The molecule has 0 atom stereocenters. The first-order valence-electron chi connectivity index (χ1n) is 9.65. The molecule has 0 N–H and O–H groups in total. The number of anilines is 1. The summed E-state index contributed by atoms with van der Waals surface area (Å²) in [6, 6.07) is 14.4. The summed E-state index contributed by atoms with van der Waals surface area (Å²) < 4.78 is 97.0. The molecule has 0 saturated heterocycles. The first-order valence-corrected chi connectivity index (χ1v) is 13.0. The van der Waals surface area contributed by atoms with Gasteiger partial charge in [-0.25, -0.2) is 16.8 Å². The topological polar surface area (TPSA) is 80.8 Å². The highest BCUT2D eigenvalue weighted by Crippen LogP contribution is 2.40. The van der Waals surface area contributed by atoms with Gasteiger partial charge in [0.05, 0.1) is 27.6 Å². The van der Waals surface area contributed by atoms with E-state index in [0.717, 1.165) is 28.8 Å². The van der Waals surface area contributed by atoms with Gasteiger partial charge in [0.2, 0.25) is 0 Å². The second-order valence-corrected chi connectivity index (χ2v) is 11.2. The number of benzene rings is 3. The largest absolute Gasteiger partial charge is 0.489 e. The van der Waals surface area contributed by atoms with Gasteiger partial charge in [0.1, 0.15) is 12.4 Å². The number of sulfonamides is 1. The summed E-state index contributed by atoms with van der Waals surface area (Å²) in [6.07, 6.45) is -3.63. The first-order chi connectivity index (χ1) is 15.4. The highest BCUT2D eigenvalue weighted by atomic mass is 32.2. The summed E-state index contributed by atoms with van der Waals surface area (Å²) in [7, 11) is -7.94. The number of alkyl halides is 3. The molecule has 0 spiro atoms. The Morgan fingerprint density at radius 1 is 0.909 bits per heavy atom. The summed E-state index contributed by atoms with van der Waals surface area (Å²) in [5.74, 6) is 0.220. The number of halogens is 3. The fourth-order valence-electron chi connectivity index (χ4n) is 3.60. The predicted molar refractivity (Wildman–Crippen MR) is 116 cm³/mol. The quantitative estimate of drug-likeness (QED) is 0.535. The number of rotatable bonds is 4. The summed E-state index contributed by atoms with van der Waals surface area (Å²) >= 11 is 0. The van der Waals surface area contributed by atoms with Gasteiger partial charge in [-0.2, -0.15) is 13.2 Å². The van der Waals surface area contributed by atoms with Crippen molar-refractivity contribution >= 4 is 25.5 Å². The van der Waals surface area contributed by atoms with Gasteiger partial charge in [0.15, 0.2) is 9.84 Å². The average Bonchev–Trinajstić information content (AvgIpc) is 2.77. The Morgan fingerprint density at radius 3 is 2.33 bits per heavy atom. The molecule has 0 unspecified atom stereocenters. The second-order valence-electron chi connectivity index (χ2n) is 7.40.